The van der Waals surface area contributed by atoms with E-state index in [0.29, 0.717) is 5.92 Å². The van der Waals surface area contributed by atoms with Crippen LogP contribution in [0.25, 0.3) is 0 Å². The van der Waals surface area contributed by atoms with Crippen LogP contribution in [0.3, 0.4) is 0 Å². The summed E-state index contributed by atoms with van der Waals surface area (Å²) < 4.78 is 2.05. The van der Waals surface area contributed by atoms with E-state index in [1.165, 1.54) is 6.42 Å². The molecule has 3 nitrogen and oxygen atoms in total. The van der Waals surface area contributed by atoms with Crippen molar-refractivity contribution in [3.8, 4) is 0 Å². The predicted molar refractivity (Wildman–Crippen MR) is 57.8 cm³/mol. The Balaban J connectivity index is 1.92. The smallest absolute Gasteiger partial charge is 0.151 e. The SMILES string of the molecule is O=Cc1ccn(CC2CCCC(O)C2)c1. The Morgan fingerprint density at radius 3 is 3.07 bits per heavy atom. The van der Waals surface area contributed by atoms with Gasteiger partial charge in [-0.15, -0.1) is 0 Å². The van der Waals surface area contributed by atoms with Gasteiger partial charge in [-0.1, -0.05) is 6.42 Å². The van der Waals surface area contributed by atoms with E-state index in [9.17, 15) is 9.90 Å². The van der Waals surface area contributed by atoms with E-state index >= 15 is 0 Å². The highest BCUT2D eigenvalue weighted by Crippen LogP contribution is 2.25. The van der Waals surface area contributed by atoms with Crippen LogP contribution in [0.1, 0.15) is 36.0 Å². The maximum Gasteiger partial charge on any atom is 0.151 e. The fraction of sp³-hybridized carbons (Fsp3) is 0.583. The average Bonchev–Trinajstić information content (AvgIpc) is 2.65. The number of nitrogens with zero attached hydrogens (tertiary/aromatic N) is 1. The molecule has 2 atom stereocenters. The molecule has 1 aromatic rings. The van der Waals surface area contributed by atoms with Crippen LogP contribution in [0.2, 0.25) is 0 Å². The normalized spacial score (nSPS) is 26.5. The van der Waals surface area contributed by atoms with Crippen LogP contribution >= 0.6 is 0 Å². The summed E-state index contributed by atoms with van der Waals surface area (Å²) in [5.74, 6) is 0.556. The second kappa shape index (κ2) is 4.62. The summed E-state index contributed by atoms with van der Waals surface area (Å²) in [6.07, 6.45) is 8.70. The van der Waals surface area contributed by atoms with Gasteiger partial charge in [-0.25, -0.2) is 0 Å². The first-order valence-corrected chi connectivity index (χ1v) is 5.57. The van der Waals surface area contributed by atoms with E-state index in [1.807, 2.05) is 23.0 Å². The molecule has 3 heteroatoms. The fourth-order valence-electron chi connectivity index (χ4n) is 2.37. The molecule has 2 unspecified atom stereocenters. The highest BCUT2D eigenvalue weighted by atomic mass is 16.3. The van der Waals surface area contributed by atoms with Crippen LogP contribution in [0.5, 0.6) is 0 Å². The lowest BCUT2D eigenvalue weighted by Crippen LogP contribution is -2.22. The minimum atomic E-state index is -0.121. The third-order valence-electron chi connectivity index (χ3n) is 3.13. The van der Waals surface area contributed by atoms with Gasteiger partial charge in [0.15, 0.2) is 6.29 Å². The van der Waals surface area contributed by atoms with E-state index in [0.717, 1.165) is 37.7 Å². The molecule has 1 aliphatic rings. The Kier molecular flexibility index (Phi) is 3.21. The van der Waals surface area contributed by atoms with Crippen molar-refractivity contribution in [2.24, 2.45) is 5.92 Å². The van der Waals surface area contributed by atoms with Gasteiger partial charge in [0, 0.05) is 24.5 Å². The van der Waals surface area contributed by atoms with Gasteiger partial charge in [0.25, 0.3) is 0 Å². The number of aliphatic hydroxyl groups is 1. The Morgan fingerprint density at radius 2 is 2.40 bits per heavy atom. The lowest BCUT2D eigenvalue weighted by Gasteiger charge is -2.26. The molecule has 0 bridgehead atoms. The third kappa shape index (κ3) is 2.69. The molecule has 1 fully saturated rings. The topological polar surface area (TPSA) is 42.2 Å². The number of aliphatic hydroxyl groups excluding tert-OH is 1. The van der Waals surface area contributed by atoms with Gasteiger partial charge in [0.05, 0.1) is 6.10 Å². The number of carbonyl (C=O) groups excluding carboxylic acids is 1. The molecule has 1 heterocycles. The van der Waals surface area contributed by atoms with Crippen LogP contribution in [0.15, 0.2) is 18.5 Å². The maximum absolute atomic E-state index is 10.5. The Bertz CT molecular complexity index is 332. The first kappa shape index (κ1) is 10.4. The predicted octanol–water partition coefficient (Wildman–Crippen LogP) is 1.85. The zero-order valence-electron chi connectivity index (χ0n) is 8.80. The molecule has 15 heavy (non-hydrogen) atoms. The van der Waals surface area contributed by atoms with Crippen molar-refractivity contribution < 1.29 is 9.90 Å². The van der Waals surface area contributed by atoms with Crippen molar-refractivity contribution in [2.45, 2.75) is 38.3 Å². The molecule has 82 valence electrons. The minimum Gasteiger partial charge on any atom is -0.393 e. The van der Waals surface area contributed by atoms with Gasteiger partial charge in [-0.2, -0.15) is 0 Å². The van der Waals surface area contributed by atoms with Crippen LogP contribution in [-0.4, -0.2) is 22.1 Å². The summed E-state index contributed by atoms with van der Waals surface area (Å²) in [6.45, 7) is 0.922. The number of hydrogen-bond donors (Lipinski definition) is 1. The molecule has 1 aliphatic carbocycles. The summed E-state index contributed by atoms with van der Waals surface area (Å²) in [5, 5.41) is 9.54. The third-order valence-corrected chi connectivity index (χ3v) is 3.13. The molecule has 0 spiro atoms. The van der Waals surface area contributed by atoms with E-state index in [2.05, 4.69) is 0 Å². The summed E-state index contributed by atoms with van der Waals surface area (Å²) in [4.78, 5) is 10.5. The van der Waals surface area contributed by atoms with Gasteiger partial charge in [-0.3, -0.25) is 4.79 Å². The van der Waals surface area contributed by atoms with Gasteiger partial charge >= 0.3 is 0 Å². The standard InChI is InChI=1S/C12H17NO2/c14-9-11-4-5-13(8-11)7-10-2-1-3-12(15)6-10/h4-5,8-10,12,15H,1-3,6-7H2. The van der Waals surface area contributed by atoms with E-state index in [-0.39, 0.29) is 6.10 Å². The molecule has 2 rings (SSSR count). The van der Waals surface area contributed by atoms with Crippen molar-refractivity contribution in [1.82, 2.24) is 4.57 Å². The van der Waals surface area contributed by atoms with E-state index in [1.54, 1.807) is 0 Å². The molecule has 0 aromatic carbocycles. The first-order chi connectivity index (χ1) is 7.28. The lowest BCUT2D eigenvalue weighted by molar-refractivity contribution is 0.0953. The van der Waals surface area contributed by atoms with Gasteiger partial charge in [0.1, 0.15) is 0 Å². The average molecular weight is 207 g/mol. The summed E-state index contributed by atoms with van der Waals surface area (Å²) in [6, 6.07) is 1.83. The highest BCUT2D eigenvalue weighted by Gasteiger charge is 2.20. The van der Waals surface area contributed by atoms with E-state index in [4.69, 9.17) is 0 Å². The second-order valence-electron chi connectivity index (χ2n) is 4.45. The molecular weight excluding hydrogens is 190 g/mol. The zero-order valence-corrected chi connectivity index (χ0v) is 8.80. The lowest BCUT2D eigenvalue weighted by atomic mass is 9.87. The number of aromatic nitrogens is 1. The second-order valence-corrected chi connectivity index (χ2v) is 4.45. The molecule has 1 N–H and O–H groups in total. The minimum absolute atomic E-state index is 0.121. The molecule has 1 aromatic heterocycles. The Morgan fingerprint density at radius 1 is 1.53 bits per heavy atom. The summed E-state index contributed by atoms with van der Waals surface area (Å²) in [5.41, 5.74) is 0.728. The van der Waals surface area contributed by atoms with Crippen LogP contribution in [0, 0.1) is 5.92 Å². The first-order valence-electron chi connectivity index (χ1n) is 5.57. The van der Waals surface area contributed by atoms with E-state index < -0.39 is 0 Å². The van der Waals surface area contributed by atoms with Gasteiger partial charge in [-0.05, 0) is 31.2 Å². The molecule has 0 aliphatic heterocycles. The number of aldehydes is 1. The van der Waals surface area contributed by atoms with Crippen LogP contribution in [0.4, 0.5) is 0 Å². The number of hydrogen-bond acceptors (Lipinski definition) is 2. The van der Waals surface area contributed by atoms with Crippen LogP contribution in [-0.2, 0) is 6.54 Å². The van der Waals surface area contributed by atoms with Crippen molar-refractivity contribution in [1.29, 1.82) is 0 Å². The molecular formula is C12H17NO2. The number of rotatable bonds is 3. The van der Waals surface area contributed by atoms with Crippen molar-refractivity contribution in [3.63, 3.8) is 0 Å². The Labute approximate surface area is 89.7 Å². The number of carbonyl (C=O) groups is 1. The fourth-order valence-corrected chi connectivity index (χ4v) is 2.37. The van der Waals surface area contributed by atoms with Crippen molar-refractivity contribution in [3.05, 3.63) is 24.0 Å². The van der Waals surface area contributed by atoms with Gasteiger partial charge in [0.2, 0.25) is 0 Å². The monoisotopic (exact) mass is 207 g/mol. The summed E-state index contributed by atoms with van der Waals surface area (Å²) in [7, 11) is 0. The van der Waals surface area contributed by atoms with Gasteiger partial charge < -0.3 is 9.67 Å². The molecule has 1 saturated carbocycles. The summed E-state index contributed by atoms with van der Waals surface area (Å²) >= 11 is 0. The quantitative estimate of drug-likeness (QED) is 0.769. The highest BCUT2D eigenvalue weighted by molar-refractivity contribution is 5.74. The van der Waals surface area contributed by atoms with Crippen molar-refractivity contribution >= 4 is 6.29 Å². The zero-order chi connectivity index (χ0) is 10.7. The van der Waals surface area contributed by atoms with Crippen LogP contribution < -0.4 is 0 Å². The molecule has 0 radical (unpaired) electrons. The maximum atomic E-state index is 10.5. The largest absolute Gasteiger partial charge is 0.393 e. The Hall–Kier alpha value is -1.09. The van der Waals surface area contributed by atoms with Crippen molar-refractivity contribution in [2.75, 3.05) is 0 Å². The molecule has 0 saturated heterocycles. The molecule has 0 amide bonds.